The summed E-state index contributed by atoms with van der Waals surface area (Å²) in [6.45, 7) is 3.21. The third-order valence-electron chi connectivity index (χ3n) is 4.14. The normalized spacial score (nSPS) is 25.2. The van der Waals surface area contributed by atoms with E-state index >= 15 is 0 Å². The van der Waals surface area contributed by atoms with Crippen LogP contribution in [0.1, 0.15) is 19.3 Å². The number of hydrogen-bond donors (Lipinski definition) is 3. The number of guanidine groups is 1. The quantitative estimate of drug-likeness (QED) is 0.224. The second kappa shape index (κ2) is 8.47. The molecule has 0 aromatic rings. The molecule has 0 bridgehead atoms. The Morgan fingerprint density at radius 1 is 1.43 bits per heavy atom. The highest BCUT2D eigenvalue weighted by atomic mass is 127. The number of likely N-dealkylation sites (tertiary alicyclic amines) is 1. The van der Waals surface area contributed by atoms with Gasteiger partial charge in [0.25, 0.3) is 0 Å². The summed E-state index contributed by atoms with van der Waals surface area (Å²) in [5.74, 6) is 0.885. The van der Waals surface area contributed by atoms with E-state index in [-0.39, 0.29) is 35.3 Å². The van der Waals surface area contributed by atoms with E-state index in [1.54, 1.807) is 7.05 Å². The van der Waals surface area contributed by atoms with Gasteiger partial charge in [-0.2, -0.15) is 0 Å². The Kier molecular flexibility index (Phi) is 7.52. The Morgan fingerprint density at radius 3 is 2.74 bits per heavy atom. The summed E-state index contributed by atoms with van der Waals surface area (Å²) in [5, 5.41) is 6.10. The van der Waals surface area contributed by atoms with Gasteiger partial charge in [-0.25, -0.2) is 13.1 Å². The average Bonchev–Trinajstić information content (AvgIpc) is 2.78. The molecule has 1 unspecified atom stereocenters. The zero-order chi connectivity index (χ0) is 16.2. The zero-order valence-corrected chi connectivity index (χ0v) is 16.7. The van der Waals surface area contributed by atoms with Gasteiger partial charge in [-0.15, -0.1) is 24.0 Å². The number of carbonyl (C=O) groups excluding carboxylic acids is 1. The summed E-state index contributed by atoms with van der Waals surface area (Å²) in [5.41, 5.74) is 0.0119. The molecule has 0 aromatic carbocycles. The molecule has 3 N–H and O–H groups in total. The van der Waals surface area contributed by atoms with Crippen LogP contribution in [-0.4, -0.2) is 71.2 Å². The first-order chi connectivity index (χ1) is 10.3. The molecule has 2 heterocycles. The van der Waals surface area contributed by atoms with Crippen molar-refractivity contribution in [2.24, 2.45) is 10.4 Å². The fraction of sp³-hybridized carbons (Fsp3) is 0.846. The van der Waals surface area contributed by atoms with Crippen molar-refractivity contribution in [2.45, 2.75) is 19.3 Å². The Balaban J connectivity index is 0.00000264. The molecule has 1 amide bonds. The molecule has 1 spiro atoms. The lowest BCUT2D eigenvalue weighted by molar-refractivity contribution is -0.119. The summed E-state index contributed by atoms with van der Waals surface area (Å²) < 4.78 is 24.5. The zero-order valence-electron chi connectivity index (χ0n) is 13.6. The molecule has 2 fully saturated rings. The van der Waals surface area contributed by atoms with Crippen LogP contribution in [0, 0.1) is 5.41 Å². The van der Waals surface area contributed by atoms with E-state index in [1.807, 2.05) is 0 Å². The highest BCUT2D eigenvalue weighted by Gasteiger charge is 2.42. The molecule has 1 atom stereocenters. The van der Waals surface area contributed by atoms with Gasteiger partial charge in [-0.05, 0) is 12.8 Å². The van der Waals surface area contributed by atoms with Crippen LogP contribution in [0.4, 0.5) is 0 Å². The molecule has 2 saturated heterocycles. The van der Waals surface area contributed by atoms with Gasteiger partial charge in [-0.3, -0.25) is 9.79 Å². The maximum atomic E-state index is 11.5. The number of halogens is 1. The lowest BCUT2D eigenvalue weighted by Crippen LogP contribution is -2.52. The number of nitrogens with zero attached hydrogens (tertiary/aromatic N) is 2. The van der Waals surface area contributed by atoms with Crippen LogP contribution < -0.4 is 15.4 Å². The highest BCUT2D eigenvalue weighted by molar-refractivity contribution is 14.0. The first kappa shape index (κ1) is 20.4. The summed E-state index contributed by atoms with van der Waals surface area (Å²) in [7, 11) is -1.45. The number of piperidine rings is 1. The molecule has 2 aliphatic heterocycles. The Labute approximate surface area is 154 Å². The van der Waals surface area contributed by atoms with E-state index in [0.717, 1.165) is 44.7 Å². The van der Waals surface area contributed by atoms with E-state index < -0.39 is 10.0 Å². The first-order valence-electron chi connectivity index (χ1n) is 7.51. The van der Waals surface area contributed by atoms with Crippen LogP contribution in [0.5, 0.6) is 0 Å². The van der Waals surface area contributed by atoms with E-state index in [2.05, 4.69) is 25.2 Å². The predicted molar refractivity (Wildman–Crippen MR) is 100 cm³/mol. The fourth-order valence-corrected chi connectivity index (χ4v) is 3.64. The predicted octanol–water partition coefficient (Wildman–Crippen LogP) is -0.669. The summed E-state index contributed by atoms with van der Waals surface area (Å²) in [6.07, 6.45) is 3.79. The van der Waals surface area contributed by atoms with Crippen LogP contribution in [0.2, 0.25) is 0 Å². The minimum Gasteiger partial charge on any atom is -0.355 e. The van der Waals surface area contributed by atoms with Crippen molar-refractivity contribution < 1.29 is 13.2 Å². The molecule has 0 radical (unpaired) electrons. The number of nitrogens with one attached hydrogen (secondary N) is 3. The third-order valence-corrected chi connectivity index (χ3v) is 4.87. The molecule has 2 aliphatic rings. The van der Waals surface area contributed by atoms with E-state index in [0.29, 0.717) is 19.5 Å². The molecule has 0 saturated carbocycles. The van der Waals surface area contributed by atoms with Crippen LogP contribution in [0.15, 0.2) is 4.99 Å². The molecular formula is C13H26IN5O3S. The van der Waals surface area contributed by atoms with Gasteiger partial charge in [-0.1, -0.05) is 0 Å². The van der Waals surface area contributed by atoms with E-state index in [9.17, 15) is 13.2 Å². The van der Waals surface area contributed by atoms with Gasteiger partial charge in [0, 0.05) is 51.6 Å². The van der Waals surface area contributed by atoms with Crippen molar-refractivity contribution in [3.05, 3.63) is 0 Å². The maximum absolute atomic E-state index is 11.5. The van der Waals surface area contributed by atoms with Crippen molar-refractivity contribution in [1.82, 2.24) is 20.3 Å². The molecular weight excluding hydrogens is 433 g/mol. The summed E-state index contributed by atoms with van der Waals surface area (Å²) >= 11 is 0. The van der Waals surface area contributed by atoms with Crippen LogP contribution >= 0.6 is 24.0 Å². The van der Waals surface area contributed by atoms with Crippen LogP contribution in [0.3, 0.4) is 0 Å². The molecule has 10 heteroatoms. The topological polar surface area (TPSA) is 103 Å². The Hall–Kier alpha value is -0.620. The second-order valence-corrected chi connectivity index (χ2v) is 7.95. The van der Waals surface area contributed by atoms with Crippen LogP contribution in [-0.2, 0) is 14.8 Å². The SMILES string of the molecule is CN=C(NCCNS(C)(=O)=O)N1CCCC2(CNC(=O)C2)C1.I. The standard InChI is InChI=1S/C13H25N5O3S.HI/c1-14-12(15-5-6-17-22(2,20)21)18-7-3-4-13(10-18)8-11(19)16-9-13;/h17H,3-10H2,1-2H3,(H,14,15)(H,16,19);1H. The van der Waals surface area contributed by atoms with Gasteiger partial charge in [0.15, 0.2) is 5.96 Å². The van der Waals surface area contributed by atoms with Crippen molar-refractivity contribution in [2.75, 3.05) is 46.0 Å². The number of carbonyl (C=O) groups is 1. The van der Waals surface area contributed by atoms with Crippen molar-refractivity contribution in [1.29, 1.82) is 0 Å². The number of amides is 1. The lowest BCUT2D eigenvalue weighted by atomic mass is 9.79. The maximum Gasteiger partial charge on any atom is 0.220 e. The average molecular weight is 459 g/mol. The number of hydrogen-bond acceptors (Lipinski definition) is 4. The van der Waals surface area contributed by atoms with E-state index in [4.69, 9.17) is 0 Å². The van der Waals surface area contributed by atoms with Crippen molar-refractivity contribution in [3.63, 3.8) is 0 Å². The van der Waals surface area contributed by atoms with Crippen LogP contribution in [0.25, 0.3) is 0 Å². The first-order valence-corrected chi connectivity index (χ1v) is 9.40. The van der Waals surface area contributed by atoms with Gasteiger partial charge < -0.3 is 15.5 Å². The van der Waals surface area contributed by atoms with Crippen molar-refractivity contribution >= 4 is 45.9 Å². The number of sulfonamides is 1. The molecule has 134 valence electrons. The van der Waals surface area contributed by atoms with E-state index in [1.165, 1.54) is 0 Å². The molecule has 0 aromatic heterocycles. The lowest BCUT2D eigenvalue weighted by Gasteiger charge is -2.40. The third kappa shape index (κ3) is 6.07. The number of aliphatic imine (C=N–C) groups is 1. The Morgan fingerprint density at radius 2 is 2.17 bits per heavy atom. The summed E-state index contributed by atoms with van der Waals surface area (Å²) in [4.78, 5) is 18.0. The molecule has 0 aliphatic carbocycles. The highest BCUT2D eigenvalue weighted by Crippen LogP contribution is 2.35. The fourth-order valence-electron chi connectivity index (χ4n) is 3.17. The minimum absolute atomic E-state index is 0. The Bertz CT molecular complexity index is 554. The largest absolute Gasteiger partial charge is 0.355 e. The smallest absolute Gasteiger partial charge is 0.220 e. The molecule has 23 heavy (non-hydrogen) atoms. The molecule has 2 rings (SSSR count). The van der Waals surface area contributed by atoms with Gasteiger partial charge in [0.1, 0.15) is 0 Å². The van der Waals surface area contributed by atoms with Gasteiger partial charge in [0.2, 0.25) is 15.9 Å². The summed E-state index contributed by atoms with van der Waals surface area (Å²) in [6, 6.07) is 0. The van der Waals surface area contributed by atoms with Gasteiger partial charge in [0.05, 0.1) is 6.26 Å². The molecule has 8 nitrogen and oxygen atoms in total. The number of rotatable bonds is 4. The monoisotopic (exact) mass is 459 g/mol. The minimum atomic E-state index is -3.17. The van der Waals surface area contributed by atoms with Crippen molar-refractivity contribution in [3.8, 4) is 0 Å². The van der Waals surface area contributed by atoms with Gasteiger partial charge >= 0.3 is 0 Å². The second-order valence-electron chi connectivity index (χ2n) is 6.12.